The highest BCUT2D eigenvalue weighted by atomic mass is 16.1. The minimum atomic E-state index is 0.0914. The van der Waals surface area contributed by atoms with Crippen LogP contribution in [0.1, 0.15) is 27.2 Å². The van der Waals surface area contributed by atoms with Gasteiger partial charge in [0.15, 0.2) is 0 Å². The van der Waals surface area contributed by atoms with Crippen LogP contribution < -0.4 is 0 Å². The molecule has 2 rings (SSSR count). The Balaban J connectivity index is 2.50. The van der Waals surface area contributed by atoms with Crippen LogP contribution in [0.25, 0.3) is 0 Å². The molecule has 0 saturated heterocycles. The van der Waals surface area contributed by atoms with Gasteiger partial charge in [0.05, 0.1) is 5.69 Å². The van der Waals surface area contributed by atoms with Crippen molar-refractivity contribution in [1.82, 2.24) is 4.57 Å². The Morgan fingerprint density at radius 1 is 1.12 bits per heavy atom. The van der Waals surface area contributed by atoms with E-state index in [1.165, 1.54) is 0 Å². The standard InChI is InChI=1S/C14H15NO/c1-10-6-4-7-12(11(10)2)14(16)13-8-5-9-15(13)3/h4-9H,1-3H3. The lowest BCUT2D eigenvalue weighted by atomic mass is 9.99. The van der Waals surface area contributed by atoms with E-state index in [2.05, 4.69) is 0 Å². The molecule has 0 bridgehead atoms. The largest absolute Gasteiger partial charge is 0.348 e. The van der Waals surface area contributed by atoms with Crippen molar-refractivity contribution in [2.45, 2.75) is 13.8 Å². The lowest BCUT2D eigenvalue weighted by Gasteiger charge is -2.08. The van der Waals surface area contributed by atoms with Crippen molar-refractivity contribution < 1.29 is 4.79 Å². The molecule has 0 N–H and O–H groups in total. The monoisotopic (exact) mass is 213 g/mol. The Hall–Kier alpha value is -1.83. The number of rotatable bonds is 2. The van der Waals surface area contributed by atoms with Crippen molar-refractivity contribution >= 4 is 5.78 Å². The van der Waals surface area contributed by atoms with Crippen LogP contribution in [0.5, 0.6) is 0 Å². The molecule has 16 heavy (non-hydrogen) atoms. The number of aryl methyl sites for hydroxylation is 2. The average Bonchev–Trinajstić information content (AvgIpc) is 2.68. The molecule has 0 unspecified atom stereocenters. The molecule has 2 aromatic rings. The molecule has 0 aliphatic rings. The van der Waals surface area contributed by atoms with E-state index >= 15 is 0 Å². The Morgan fingerprint density at radius 3 is 2.50 bits per heavy atom. The van der Waals surface area contributed by atoms with E-state index in [1.807, 2.05) is 62.0 Å². The van der Waals surface area contributed by atoms with Crippen molar-refractivity contribution in [2.24, 2.45) is 7.05 Å². The highest BCUT2D eigenvalue weighted by Gasteiger charge is 2.14. The predicted octanol–water partition coefficient (Wildman–Crippen LogP) is 2.87. The minimum absolute atomic E-state index is 0.0914. The van der Waals surface area contributed by atoms with Gasteiger partial charge in [-0.1, -0.05) is 18.2 Å². The van der Waals surface area contributed by atoms with Gasteiger partial charge in [0.25, 0.3) is 0 Å². The number of hydrogen-bond acceptors (Lipinski definition) is 1. The fourth-order valence-electron chi connectivity index (χ4n) is 1.83. The molecule has 0 radical (unpaired) electrons. The van der Waals surface area contributed by atoms with E-state index in [4.69, 9.17) is 0 Å². The van der Waals surface area contributed by atoms with Crippen LogP contribution in [-0.2, 0) is 7.05 Å². The zero-order valence-corrected chi connectivity index (χ0v) is 9.82. The van der Waals surface area contributed by atoms with Gasteiger partial charge in [0, 0.05) is 18.8 Å². The average molecular weight is 213 g/mol. The second-order valence-electron chi connectivity index (χ2n) is 4.08. The number of carbonyl (C=O) groups excluding carboxylic acids is 1. The van der Waals surface area contributed by atoms with Crippen LogP contribution >= 0.6 is 0 Å². The highest BCUT2D eigenvalue weighted by Crippen LogP contribution is 2.17. The van der Waals surface area contributed by atoms with Crippen LogP contribution in [-0.4, -0.2) is 10.4 Å². The third-order valence-electron chi connectivity index (χ3n) is 3.03. The van der Waals surface area contributed by atoms with Gasteiger partial charge in [-0.05, 0) is 37.1 Å². The first-order valence-electron chi connectivity index (χ1n) is 5.33. The van der Waals surface area contributed by atoms with Crippen molar-refractivity contribution in [3.8, 4) is 0 Å². The van der Waals surface area contributed by atoms with Crippen LogP contribution in [0, 0.1) is 13.8 Å². The predicted molar refractivity (Wildman–Crippen MR) is 64.8 cm³/mol. The van der Waals surface area contributed by atoms with E-state index < -0.39 is 0 Å². The molecule has 2 nitrogen and oxygen atoms in total. The van der Waals surface area contributed by atoms with E-state index in [1.54, 1.807) is 0 Å². The van der Waals surface area contributed by atoms with Crippen LogP contribution in [0.3, 0.4) is 0 Å². The lowest BCUT2D eigenvalue weighted by molar-refractivity contribution is 0.103. The SMILES string of the molecule is Cc1cccc(C(=O)c2cccn2C)c1C. The smallest absolute Gasteiger partial charge is 0.209 e. The molecular formula is C14H15NO. The maximum Gasteiger partial charge on any atom is 0.209 e. The first kappa shape index (κ1) is 10.7. The van der Waals surface area contributed by atoms with Crippen molar-refractivity contribution in [3.05, 3.63) is 58.9 Å². The van der Waals surface area contributed by atoms with Crippen LogP contribution in [0.15, 0.2) is 36.5 Å². The molecular weight excluding hydrogens is 198 g/mol. The number of hydrogen-bond donors (Lipinski definition) is 0. The second kappa shape index (κ2) is 3.97. The summed E-state index contributed by atoms with van der Waals surface area (Å²) < 4.78 is 1.85. The van der Waals surface area contributed by atoms with E-state index in [0.29, 0.717) is 0 Å². The third-order valence-corrected chi connectivity index (χ3v) is 3.03. The van der Waals surface area contributed by atoms with Crippen molar-refractivity contribution in [1.29, 1.82) is 0 Å². The van der Waals surface area contributed by atoms with Gasteiger partial charge in [-0.15, -0.1) is 0 Å². The molecule has 0 aliphatic heterocycles. The normalized spacial score (nSPS) is 10.4. The van der Waals surface area contributed by atoms with Crippen molar-refractivity contribution in [3.63, 3.8) is 0 Å². The first-order chi connectivity index (χ1) is 7.61. The molecule has 2 heteroatoms. The molecule has 0 aliphatic carbocycles. The molecule has 0 spiro atoms. The molecule has 0 fully saturated rings. The summed E-state index contributed by atoms with van der Waals surface area (Å²) in [7, 11) is 1.89. The molecule has 1 aromatic heterocycles. The van der Waals surface area contributed by atoms with Crippen LogP contribution in [0.4, 0.5) is 0 Å². The Bertz CT molecular complexity index is 537. The third kappa shape index (κ3) is 1.67. The number of carbonyl (C=O) groups is 1. The van der Waals surface area contributed by atoms with Gasteiger partial charge in [0.1, 0.15) is 0 Å². The van der Waals surface area contributed by atoms with Gasteiger partial charge >= 0.3 is 0 Å². The molecule has 0 atom stereocenters. The van der Waals surface area contributed by atoms with E-state index in [9.17, 15) is 4.79 Å². The maximum atomic E-state index is 12.3. The first-order valence-corrected chi connectivity index (χ1v) is 5.33. The lowest BCUT2D eigenvalue weighted by Crippen LogP contribution is -2.08. The fourth-order valence-corrected chi connectivity index (χ4v) is 1.83. The van der Waals surface area contributed by atoms with Crippen LogP contribution in [0.2, 0.25) is 0 Å². The summed E-state index contributed by atoms with van der Waals surface area (Å²) in [5, 5.41) is 0. The molecule has 0 amide bonds. The topological polar surface area (TPSA) is 22.0 Å². The maximum absolute atomic E-state index is 12.3. The zero-order valence-electron chi connectivity index (χ0n) is 9.82. The Morgan fingerprint density at radius 2 is 1.88 bits per heavy atom. The Kier molecular flexibility index (Phi) is 2.65. The summed E-state index contributed by atoms with van der Waals surface area (Å²) >= 11 is 0. The number of ketones is 1. The van der Waals surface area contributed by atoms with Gasteiger partial charge in [0.2, 0.25) is 5.78 Å². The molecule has 82 valence electrons. The molecule has 1 heterocycles. The molecule has 0 saturated carbocycles. The summed E-state index contributed by atoms with van der Waals surface area (Å²) in [6, 6.07) is 9.58. The van der Waals surface area contributed by atoms with E-state index in [-0.39, 0.29) is 5.78 Å². The van der Waals surface area contributed by atoms with E-state index in [0.717, 1.165) is 22.4 Å². The highest BCUT2D eigenvalue weighted by molar-refractivity contribution is 6.09. The summed E-state index contributed by atoms with van der Waals surface area (Å²) in [5.74, 6) is 0.0914. The quantitative estimate of drug-likeness (QED) is 0.703. The number of aromatic nitrogens is 1. The number of nitrogens with zero attached hydrogens (tertiary/aromatic N) is 1. The fraction of sp³-hybridized carbons (Fsp3) is 0.214. The minimum Gasteiger partial charge on any atom is -0.348 e. The summed E-state index contributed by atoms with van der Waals surface area (Å²) in [4.78, 5) is 12.3. The summed E-state index contributed by atoms with van der Waals surface area (Å²) in [5.41, 5.74) is 3.74. The van der Waals surface area contributed by atoms with Gasteiger partial charge < -0.3 is 4.57 Å². The second-order valence-corrected chi connectivity index (χ2v) is 4.08. The van der Waals surface area contributed by atoms with Gasteiger partial charge in [-0.3, -0.25) is 4.79 Å². The van der Waals surface area contributed by atoms with Crippen molar-refractivity contribution in [2.75, 3.05) is 0 Å². The molecule has 1 aromatic carbocycles. The number of benzene rings is 1. The van der Waals surface area contributed by atoms with Gasteiger partial charge in [-0.25, -0.2) is 0 Å². The zero-order chi connectivity index (χ0) is 11.7. The summed E-state index contributed by atoms with van der Waals surface area (Å²) in [6.45, 7) is 4.02. The summed E-state index contributed by atoms with van der Waals surface area (Å²) in [6.07, 6.45) is 1.89. The van der Waals surface area contributed by atoms with Gasteiger partial charge in [-0.2, -0.15) is 0 Å². The Labute approximate surface area is 95.5 Å².